The molecule has 0 heteroatoms. The molecule has 0 saturated carbocycles. The van der Waals surface area contributed by atoms with Crippen molar-refractivity contribution in [3.05, 3.63) is 11.6 Å². The molecule has 0 heterocycles. The van der Waals surface area contributed by atoms with Gasteiger partial charge in [-0.15, -0.1) is 0 Å². The first-order valence-corrected chi connectivity index (χ1v) is 4.25. The summed E-state index contributed by atoms with van der Waals surface area (Å²) in [5.41, 5.74) is 2.07. The summed E-state index contributed by atoms with van der Waals surface area (Å²) < 4.78 is 0. The van der Waals surface area contributed by atoms with Crippen molar-refractivity contribution in [1.82, 2.24) is 0 Å². The molecule has 0 N–H and O–H groups in total. The highest BCUT2D eigenvalue weighted by Crippen LogP contribution is 2.41. The number of rotatable bonds is 1. The first-order valence-electron chi connectivity index (χ1n) is 4.25. The van der Waals surface area contributed by atoms with E-state index in [4.69, 9.17) is 0 Å². The zero-order valence-corrected chi connectivity index (χ0v) is 7.57. The Morgan fingerprint density at radius 1 is 1.60 bits per heavy atom. The van der Waals surface area contributed by atoms with Crippen LogP contribution >= 0.6 is 0 Å². The summed E-state index contributed by atoms with van der Waals surface area (Å²) in [6.45, 7) is 9.22. The third kappa shape index (κ3) is 1.25. The van der Waals surface area contributed by atoms with E-state index in [0.29, 0.717) is 5.41 Å². The average molecular weight is 138 g/mol. The lowest BCUT2D eigenvalue weighted by atomic mass is 9.85. The fraction of sp³-hybridized carbons (Fsp3) is 0.800. The molecule has 1 aliphatic rings. The highest BCUT2D eigenvalue weighted by atomic mass is 14.3. The fourth-order valence-corrected chi connectivity index (χ4v) is 1.72. The highest BCUT2D eigenvalue weighted by Gasteiger charge is 2.29. The van der Waals surface area contributed by atoms with Gasteiger partial charge in [-0.25, -0.2) is 0 Å². The Kier molecular flexibility index (Phi) is 1.89. The highest BCUT2D eigenvalue weighted by molar-refractivity contribution is 5.17. The van der Waals surface area contributed by atoms with Gasteiger partial charge in [0.2, 0.25) is 0 Å². The minimum atomic E-state index is 0.487. The average Bonchev–Trinajstić information content (AvgIpc) is 2.08. The van der Waals surface area contributed by atoms with Crippen LogP contribution in [0.25, 0.3) is 0 Å². The normalized spacial score (nSPS) is 30.4. The molecule has 10 heavy (non-hydrogen) atoms. The Morgan fingerprint density at radius 2 is 2.20 bits per heavy atom. The maximum atomic E-state index is 2.44. The van der Waals surface area contributed by atoms with Gasteiger partial charge in [-0.1, -0.05) is 32.4 Å². The zero-order valence-electron chi connectivity index (χ0n) is 7.57. The summed E-state index contributed by atoms with van der Waals surface area (Å²) in [4.78, 5) is 0. The molecule has 0 amide bonds. The SMILES string of the molecule is CCC1C=C(C)C(C)(C)C1. The Hall–Kier alpha value is -0.260. The van der Waals surface area contributed by atoms with Crippen molar-refractivity contribution < 1.29 is 0 Å². The second-order valence-corrected chi connectivity index (χ2v) is 4.11. The minimum absolute atomic E-state index is 0.487. The van der Waals surface area contributed by atoms with Crippen molar-refractivity contribution in [1.29, 1.82) is 0 Å². The first kappa shape index (κ1) is 7.84. The van der Waals surface area contributed by atoms with Gasteiger partial charge in [-0.3, -0.25) is 0 Å². The molecule has 0 fully saturated rings. The number of allylic oxidation sites excluding steroid dienone is 2. The van der Waals surface area contributed by atoms with E-state index < -0.39 is 0 Å². The van der Waals surface area contributed by atoms with Crippen molar-refractivity contribution in [2.24, 2.45) is 11.3 Å². The van der Waals surface area contributed by atoms with Gasteiger partial charge >= 0.3 is 0 Å². The van der Waals surface area contributed by atoms with E-state index in [2.05, 4.69) is 33.8 Å². The molecule has 0 radical (unpaired) electrons. The van der Waals surface area contributed by atoms with E-state index in [1.54, 1.807) is 5.57 Å². The smallest absolute Gasteiger partial charge is 0.0142 e. The van der Waals surface area contributed by atoms with Gasteiger partial charge in [-0.2, -0.15) is 0 Å². The maximum absolute atomic E-state index is 2.44. The Bertz CT molecular complexity index is 151. The monoisotopic (exact) mass is 138 g/mol. The predicted octanol–water partition coefficient (Wildman–Crippen LogP) is 3.39. The first-order chi connectivity index (χ1) is 4.56. The van der Waals surface area contributed by atoms with E-state index in [-0.39, 0.29) is 0 Å². The molecule has 0 aliphatic heterocycles. The topological polar surface area (TPSA) is 0 Å². The summed E-state index contributed by atoms with van der Waals surface area (Å²) >= 11 is 0. The van der Waals surface area contributed by atoms with Crippen LogP contribution in [-0.4, -0.2) is 0 Å². The standard InChI is InChI=1S/C10H18/c1-5-9-6-8(2)10(3,4)7-9/h6,9H,5,7H2,1-4H3. The van der Waals surface area contributed by atoms with Crippen LogP contribution < -0.4 is 0 Å². The second kappa shape index (κ2) is 2.41. The zero-order chi connectivity index (χ0) is 7.78. The van der Waals surface area contributed by atoms with Gasteiger partial charge in [0, 0.05) is 0 Å². The van der Waals surface area contributed by atoms with Crippen LogP contribution in [0.2, 0.25) is 0 Å². The van der Waals surface area contributed by atoms with E-state index >= 15 is 0 Å². The molecule has 0 bridgehead atoms. The van der Waals surface area contributed by atoms with Crippen LogP contribution in [0, 0.1) is 11.3 Å². The van der Waals surface area contributed by atoms with E-state index in [1.165, 1.54) is 12.8 Å². The molecule has 0 spiro atoms. The summed E-state index contributed by atoms with van der Waals surface area (Å²) in [6.07, 6.45) is 5.11. The largest absolute Gasteiger partial charge is 0.0819 e. The van der Waals surface area contributed by atoms with Gasteiger partial charge in [0.25, 0.3) is 0 Å². The molecule has 0 aromatic carbocycles. The van der Waals surface area contributed by atoms with Crippen molar-refractivity contribution in [3.8, 4) is 0 Å². The van der Waals surface area contributed by atoms with E-state index in [0.717, 1.165) is 5.92 Å². The van der Waals surface area contributed by atoms with Crippen molar-refractivity contribution in [3.63, 3.8) is 0 Å². The lowest BCUT2D eigenvalue weighted by Crippen LogP contribution is -2.09. The van der Waals surface area contributed by atoms with E-state index in [1.807, 2.05) is 0 Å². The van der Waals surface area contributed by atoms with Crippen LogP contribution in [-0.2, 0) is 0 Å². The molecular weight excluding hydrogens is 120 g/mol. The lowest BCUT2D eigenvalue weighted by Gasteiger charge is -2.20. The molecular formula is C10H18. The van der Waals surface area contributed by atoms with Crippen LogP contribution in [0.15, 0.2) is 11.6 Å². The maximum Gasteiger partial charge on any atom is -0.0142 e. The number of hydrogen-bond acceptors (Lipinski definition) is 0. The molecule has 0 aromatic heterocycles. The molecule has 1 unspecified atom stereocenters. The van der Waals surface area contributed by atoms with Gasteiger partial charge in [0.15, 0.2) is 0 Å². The molecule has 0 aromatic rings. The van der Waals surface area contributed by atoms with Crippen molar-refractivity contribution in [2.75, 3.05) is 0 Å². The third-order valence-electron chi connectivity index (χ3n) is 2.85. The summed E-state index contributed by atoms with van der Waals surface area (Å²) in [5, 5.41) is 0. The molecule has 0 saturated heterocycles. The minimum Gasteiger partial charge on any atom is -0.0819 e. The van der Waals surface area contributed by atoms with Gasteiger partial charge < -0.3 is 0 Å². The molecule has 0 nitrogen and oxygen atoms in total. The summed E-state index contributed by atoms with van der Waals surface area (Å²) in [5.74, 6) is 0.856. The lowest BCUT2D eigenvalue weighted by molar-refractivity contribution is 0.386. The van der Waals surface area contributed by atoms with Crippen LogP contribution in [0.1, 0.15) is 40.5 Å². The van der Waals surface area contributed by atoms with Crippen LogP contribution in [0.4, 0.5) is 0 Å². The predicted molar refractivity (Wildman–Crippen MR) is 45.9 cm³/mol. The Morgan fingerprint density at radius 3 is 2.40 bits per heavy atom. The molecule has 1 atom stereocenters. The Labute approximate surface area is 64.3 Å². The van der Waals surface area contributed by atoms with E-state index in [9.17, 15) is 0 Å². The van der Waals surface area contributed by atoms with Crippen LogP contribution in [0.3, 0.4) is 0 Å². The molecule has 58 valence electrons. The van der Waals surface area contributed by atoms with Crippen LogP contribution in [0.5, 0.6) is 0 Å². The second-order valence-electron chi connectivity index (χ2n) is 4.11. The van der Waals surface area contributed by atoms with Gasteiger partial charge in [0.1, 0.15) is 0 Å². The molecule has 1 rings (SSSR count). The van der Waals surface area contributed by atoms with Crippen molar-refractivity contribution >= 4 is 0 Å². The Balaban J connectivity index is 2.68. The summed E-state index contributed by atoms with van der Waals surface area (Å²) in [7, 11) is 0. The van der Waals surface area contributed by atoms with Gasteiger partial charge in [-0.05, 0) is 31.1 Å². The van der Waals surface area contributed by atoms with Crippen molar-refractivity contribution in [2.45, 2.75) is 40.5 Å². The fourth-order valence-electron chi connectivity index (χ4n) is 1.72. The third-order valence-corrected chi connectivity index (χ3v) is 2.85. The molecule has 1 aliphatic carbocycles. The quantitative estimate of drug-likeness (QED) is 0.487. The summed E-state index contributed by atoms with van der Waals surface area (Å²) in [6, 6.07) is 0. The number of hydrogen-bond donors (Lipinski definition) is 0. The van der Waals surface area contributed by atoms with Gasteiger partial charge in [0.05, 0.1) is 0 Å².